The third-order valence-corrected chi connectivity index (χ3v) is 4.50. The summed E-state index contributed by atoms with van der Waals surface area (Å²) in [6, 6.07) is 6.85. The van der Waals surface area contributed by atoms with Gasteiger partial charge in [0.2, 0.25) is 0 Å². The zero-order valence-corrected chi connectivity index (χ0v) is 11.2. The van der Waals surface area contributed by atoms with Gasteiger partial charge in [0.25, 0.3) is 10.0 Å². The molecule has 0 spiro atoms. The minimum Gasteiger partial charge on any atom is -0.246 e. The van der Waals surface area contributed by atoms with E-state index >= 15 is 0 Å². The Morgan fingerprint density at radius 3 is 2.28 bits per heavy atom. The van der Waals surface area contributed by atoms with Crippen LogP contribution in [0.2, 0.25) is 0 Å². The number of hydrogen-bond donors (Lipinski definition) is 0. The Bertz CT molecular complexity index is 622. The maximum atomic E-state index is 12.5. The van der Waals surface area contributed by atoms with E-state index < -0.39 is 10.0 Å². The fraction of sp³-hybridized carbons (Fsp3) is 0.143. The Morgan fingerprint density at radius 2 is 1.61 bits per heavy atom. The minimum absolute atomic E-state index is 0.299. The lowest BCUT2D eigenvalue weighted by Gasteiger charge is -2.20. The molecule has 1 aromatic rings. The fourth-order valence-corrected chi connectivity index (χ4v) is 3.05. The smallest absolute Gasteiger partial charge is 0.246 e. The van der Waals surface area contributed by atoms with Gasteiger partial charge in [0.05, 0.1) is 4.90 Å². The molecule has 0 saturated carbocycles. The molecule has 0 amide bonds. The van der Waals surface area contributed by atoms with Gasteiger partial charge in [0.15, 0.2) is 0 Å². The van der Waals surface area contributed by atoms with Crippen molar-refractivity contribution in [2.24, 2.45) is 0 Å². The maximum absolute atomic E-state index is 12.5. The molecular weight excluding hydrogens is 246 g/mol. The number of allylic oxidation sites excluding steroid dienone is 5. The summed E-state index contributed by atoms with van der Waals surface area (Å²) in [5, 5.41) is 0. The van der Waals surface area contributed by atoms with Crippen molar-refractivity contribution in [2.45, 2.75) is 18.7 Å². The van der Waals surface area contributed by atoms with Crippen LogP contribution in [-0.2, 0) is 10.0 Å². The first-order chi connectivity index (χ1) is 8.51. The number of aryl methyl sites for hydroxylation is 1. The van der Waals surface area contributed by atoms with Crippen molar-refractivity contribution in [3.8, 4) is 0 Å². The predicted octanol–water partition coefficient (Wildman–Crippen LogP) is 2.97. The topological polar surface area (TPSA) is 37.4 Å². The first-order valence-electron chi connectivity index (χ1n) is 5.65. The molecule has 0 aliphatic carbocycles. The molecule has 0 saturated heterocycles. The molecule has 0 atom stereocenters. The molecule has 4 heteroatoms. The van der Waals surface area contributed by atoms with Crippen molar-refractivity contribution < 1.29 is 8.42 Å². The Balaban J connectivity index is 2.46. The van der Waals surface area contributed by atoms with Gasteiger partial charge in [0.1, 0.15) is 0 Å². The molecule has 1 heterocycles. The summed E-state index contributed by atoms with van der Waals surface area (Å²) in [6.07, 6.45) is 8.65. The molecule has 1 aliphatic rings. The largest absolute Gasteiger partial charge is 0.267 e. The molecule has 0 N–H and O–H groups in total. The first kappa shape index (κ1) is 12.6. The van der Waals surface area contributed by atoms with Crippen LogP contribution in [0.15, 0.2) is 65.4 Å². The highest BCUT2D eigenvalue weighted by Crippen LogP contribution is 2.22. The van der Waals surface area contributed by atoms with Crippen molar-refractivity contribution >= 4 is 10.0 Å². The highest BCUT2D eigenvalue weighted by atomic mass is 32.2. The van der Waals surface area contributed by atoms with Crippen molar-refractivity contribution in [1.29, 1.82) is 0 Å². The Hall–Kier alpha value is -1.81. The van der Waals surface area contributed by atoms with E-state index in [2.05, 4.69) is 0 Å². The summed E-state index contributed by atoms with van der Waals surface area (Å²) < 4.78 is 26.2. The van der Waals surface area contributed by atoms with Gasteiger partial charge >= 0.3 is 0 Å². The molecule has 0 unspecified atom stereocenters. The van der Waals surface area contributed by atoms with E-state index in [9.17, 15) is 8.42 Å². The SMILES string of the molecule is CC1=CC=CC=CN1S(=O)(=O)c1ccc(C)cc1. The van der Waals surface area contributed by atoms with Crippen molar-refractivity contribution in [3.05, 3.63) is 66.0 Å². The van der Waals surface area contributed by atoms with Crippen molar-refractivity contribution in [3.63, 3.8) is 0 Å². The van der Waals surface area contributed by atoms with E-state index in [1.165, 1.54) is 4.31 Å². The third kappa shape index (κ3) is 2.38. The second-order valence-electron chi connectivity index (χ2n) is 4.15. The van der Waals surface area contributed by atoms with Gasteiger partial charge < -0.3 is 0 Å². The summed E-state index contributed by atoms with van der Waals surface area (Å²) in [6.45, 7) is 3.70. The number of benzene rings is 1. The fourth-order valence-electron chi connectivity index (χ4n) is 1.67. The van der Waals surface area contributed by atoms with Crippen LogP contribution in [0.4, 0.5) is 0 Å². The van der Waals surface area contributed by atoms with Gasteiger partial charge in [-0.25, -0.2) is 12.7 Å². The number of nitrogens with zero attached hydrogens (tertiary/aromatic N) is 1. The summed E-state index contributed by atoms with van der Waals surface area (Å²) in [5.74, 6) is 0. The van der Waals surface area contributed by atoms with Crippen LogP contribution in [0.1, 0.15) is 12.5 Å². The number of sulfonamides is 1. The van der Waals surface area contributed by atoms with E-state index in [-0.39, 0.29) is 0 Å². The van der Waals surface area contributed by atoms with Crippen LogP contribution >= 0.6 is 0 Å². The van der Waals surface area contributed by atoms with Gasteiger partial charge in [-0.2, -0.15) is 0 Å². The zero-order chi connectivity index (χ0) is 13.2. The standard InChI is InChI=1S/C14H15NO2S/c1-12-7-9-14(10-8-12)18(16,17)15-11-5-3-4-6-13(15)2/h3-11H,1-2H3. The van der Waals surface area contributed by atoms with Gasteiger partial charge in [0, 0.05) is 11.9 Å². The molecule has 0 fully saturated rings. The molecule has 94 valence electrons. The van der Waals surface area contributed by atoms with Crippen LogP contribution in [0, 0.1) is 6.92 Å². The lowest BCUT2D eigenvalue weighted by atomic mass is 10.2. The highest BCUT2D eigenvalue weighted by Gasteiger charge is 2.22. The van der Waals surface area contributed by atoms with Crippen LogP contribution in [-0.4, -0.2) is 12.7 Å². The monoisotopic (exact) mass is 261 g/mol. The number of hydrogen-bond acceptors (Lipinski definition) is 2. The van der Waals surface area contributed by atoms with E-state index in [1.54, 1.807) is 55.6 Å². The average Bonchev–Trinajstić information content (AvgIpc) is 2.55. The third-order valence-electron chi connectivity index (χ3n) is 2.71. The van der Waals surface area contributed by atoms with Gasteiger partial charge in [-0.05, 0) is 38.1 Å². The van der Waals surface area contributed by atoms with E-state index in [0.717, 1.165) is 5.56 Å². The molecule has 1 aliphatic heterocycles. The Morgan fingerprint density at radius 1 is 0.944 bits per heavy atom. The average molecular weight is 261 g/mol. The minimum atomic E-state index is -3.51. The second kappa shape index (κ2) is 4.82. The van der Waals surface area contributed by atoms with E-state index in [0.29, 0.717) is 10.6 Å². The summed E-state index contributed by atoms with van der Waals surface area (Å²) >= 11 is 0. The van der Waals surface area contributed by atoms with Crippen molar-refractivity contribution in [1.82, 2.24) is 4.31 Å². The van der Waals surface area contributed by atoms with E-state index in [1.807, 2.05) is 13.0 Å². The molecule has 0 radical (unpaired) electrons. The van der Waals surface area contributed by atoms with Crippen LogP contribution in [0.25, 0.3) is 0 Å². The molecule has 2 rings (SSSR count). The summed E-state index contributed by atoms with van der Waals surface area (Å²) in [4.78, 5) is 0.299. The second-order valence-corrected chi connectivity index (χ2v) is 5.96. The zero-order valence-electron chi connectivity index (χ0n) is 10.4. The Labute approximate surface area is 108 Å². The molecule has 18 heavy (non-hydrogen) atoms. The summed E-state index contributed by atoms with van der Waals surface area (Å²) in [7, 11) is -3.51. The molecule has 1 aromatic carbocycles. The normalized spacial score (nSPS) is 15.4. The predicted molar refractivity (Wildman–Crippen MR) is 72.2 cm³/mol. The maximum Gasteiger partial charge on any atom is 0.267 e. The first-order valence-corrected chi connectivity index (χ1v) is 7.09. The van der Waals surface area contributed by atoms with Gasteiger partial charge in [-0.3, -0.25) is 0 Å². The van der Waals surface area contributed by atoms with Crippen molar-refractivity contribution in [2.75, 3.05) is 0 Å². The molecular formula is C14H15NO2S. The lowest BCUT2D eigenvalue weighted by Crippen LogP contribution is -2.24. The molecule has 0 aromatic heterocycles. The van der Waals surface area contributed by atoms with Gasteiger partial charge in [-0.15, -0.1) is 0 Å². The van der Waals surface area contributed by atoms with E-state index in [4.69, 9.17) is 0 Å². The molecule has 0 bridgehead atoms. The summed E-state index contributed by atoms with van der Waals surface area (Å²) in [5.41, 5.74) is 1.70. The number of rotatable bonds is 2. The Kier molecular flexibility index (Phi) is 3.39. The van der Waals surface area contributed by atoms with Crippen LogP contribution in [0.5, 0.6) is 0 Å². The van der Waals surface area contributed by atoms with Gasteiger partial charge in [-0.1, -0.05) is 29.8 Å². The lowest BCUT2D eigenvalue weighted by molar-refractivity contribution is 0.541. The highest BCUT2D eigenvalue weighted by molar-refractivity contribution is 7.89. The quantitative estimate of drug-likeness (QED) is 0.820. The van der Waals surface area contributed by atoms with Crippen LogP contribution in [0.3, 0.4) is 0 Å². The van der Waals surface area contributed by atoms with Crippen LogP contribution < -0.4 is 0 Å². The molecule has 3 nitrogen and oxygen atoms in total.